The first-order valence-electron chi connectivity index (χ1n) is 8.79. The van der Waals surface area contributed by atoms with Crippen molar-refractivity contribution in [3.8, 4) is 5.75 Å². The SMILES string of the molecule is CC(C)N(CCC(c1ccccc1)c1cc(N)ccc1O)C(C)C. The van der Waals surface area contributed by atoms with Crippen molar-refractivity contribution in [2.75, 3.05) is 12.3 Å². The molecule has 0 fully saturated rings. The Morgan fingerprint density at radius 2 is 1.58 bits per heavy atom. The molecule has 2 aromatic rings. The molecule has 0 aliphatic rings. The zero-order chi connectivity index (χ0) is 17.7. The van der Waals surface area contributed by atoms with Gasteiger partial charge in [-0.1, -0.05) is 30.3 Å². The quantitative estimate of drug-likeness (QED) is 0.577. The fourth-order valence-corrected chi connectivity index (χ4v) is 3.43. The molecule has 0 saturated carbocycles. The number of benzene rings is 2. The van der Waals surface area contributed by atoms with Crippen LogP contribution in [0, 0.1) is 0 Å². The Morgan fingerprint density at radius 1 is 0.958 bits per heavy atom. The summed E-state index contributed by atoms with van der Waals surface area (Å²) in [4.78, 5) is 2.49. The molecule has 2 rings (SSSR count). The molecular weight excluding hydrogens is 296 g/mol. The molecule has 0 aliphatic carbocycles. The molecule has 24 heavy (non-hydrogen) atoms. The molecule has 0 amide bonds. The number of rotatable bonds is 7. The number of nitrogens with zero attached hydrogens (tertiary/aromatic N) is 1. The summed E-state index contributed by atoms with van der Waals surface area (Å²) in [6.07, 6.45) is 0.942. The highest BCUT2D eigenvalue weighted by atomic mass is 16.3. The van der Waals surface area contributed by atoms with Crippen LogP contribution in [0.15, 0.2) is 48.5 Å². The zero-order valence-electron chi connectivity index (χ0n) is 15.2. The minimum absolute atomic E-state index is 0.134. The Balaban J connectivity index is 2.32. The Bertz CT molecular complexity index is 630. The van der Waals surface area contributed by atoms with Crippen LogP contribution in [-0.4, -0.2) is 28.6 Å². The van der Waals surface area contributed by atoms with E-state index in [0.29, 0.717) is 23.5 Å². The fraction of sp³-hybridized carbons (Fsp3) is 0.429. The van der Waals surface area contributed by atoms with E-state index in [-0.39, 0.29) is 5.92 Å². The van der Waals surface area contributed by atoms with Crippen molar-refractivity contribution in [1.82, 2.24) is 4.90 Å². The summed E-state index contributed by atoms with van der Waals surface area (Å²) >= 11 is 0. The van der Waals surface area contributed by atoms with Crippen LogP contribution in [0.25, 0.3) is 0 Å². The summed E-state index contributed by atoms with van der Waals surface area (Å²) in [7, 11) is 0. The lowest BCUT2D eigenvalue weighted by Gasteiger charge is -2.32. The highest BCUT2D eigenvalue weighted by Gasteiger charge is 2.21. The number of hydrogen-bond donors (Lipinski definition) is 2. The molecule has 3 N–H and O–H groups in total. The van der Waals surface area contributed by atoms with E-state index >= 15 is 0 Å². The van der Waals surface area contributed by atoms with Crippen LogP contribution in [0.4, 0.5) is 5.69 Å². The van der Waals surface area contributed by atoms with Gasteiger partial charge in [0.1, 0.15) is 5.75 Å². The minimum Gasteiger partial charge on any atom is -0.508 e. The maximum Gasteiger partial charge on any atom is 0.119 e. The lowest BCUT2D eigenvalue weighted by atomic mass is 9.87. The normalized spacial score (nSPS) is 13.0. The topological polar surface area (TPSA) is 49.5 Å². The molecule has 0 saturated heterocycles. The lowest BCUT2D eigenvalue weighted by Crippen LogP contribution is -2.38. The standard InChI is InChI=1S/C21H30N2O/c1-15(2)23(16(3)4)13-12-19(17-8-6-5-7-9-17)20-14-18(22)10-11-21(20)24/h5-11,14-16,19,24H,12-13,22H2,1-4H3. The monoisotopic (exact) mass is 326 g/mol. The van der Waals surface area contributed by atoms with Crippen molar-refractivity contribution in [1.29, 1.82) is 0 Å². The van der Waals surface area contributed by atoms with Crippen LogP contribution in [0.5, 0.6) is 5.75 Å². The molecule has 130 valence electrons. The molecule has 3 nitrogen and oxygen atoms in total. The van der Waals surface area contributed by atoms with E-state index in [1.165, 1.54) is 5.56 Å². The predicted octanol–water partition coefficient (Wildman–Crippen LogP) is 4.62. The lowest BCUT2D eigenvalue weighted by molar-refractivity contribution is 0.170. The van der Waals surface area contributed by atoms with Gasteiger partial charge < -0.3 is 10.8 Å². The van der Waals surface area contributed by atoms with Crippen molar-refractivity contribution in [2.24, 2.45) is 0 Å². The van der Waals surface area contributed by atoms with Gasteiger partial charge in [-0.05, 0) is 64.4 Å². The van der Waals surface area contributed by atoms with Crippen molar-refractivity contribution in [3.05, 3.63) is 59.7 Å². The number of phenolic OH excluding ortho intramolecular Hbond substituents is 1. The smallest absolute Gasteiger partial charge is 0.119 e. The third-order valence-electron chi connectivity index (χ3n) is 4.63. The number of anilines is 1. The van der Waals surface area contributed by atoms with Gasteiger partial charge in [-0.15, -0.1) is 0 Å². The van der Waals surface area contributed by atoms with Crippen LogP contribution >= 0.6 is 0 Å². The second kappa shape index (κ2) is 8.20. The van der Waals surface area contributed by atoms with E-state index in [4.69, 9.17) is 5.73 Å². The maximum atomic E-state index is 10.4. The van der Waals surface area contributed by atoms with Crippen LogP contribution < -0.4 is 5.73 Å². The summed E-state index contributed by atoms with van der Waals surface area (Å²) in [6.45, 7) is 9.90. The first-order chi connectivity index (χ1) is 11.4. The number of nitrogens with two attached hydrogens (primary N) is 1. The second-order valence-corrected chi connectivity index (χ2v) is 7.00. The molecule has 0 aliphatic heterocycles. The third-order valence-corrected chi connectivity index (χ3v) is 4.63. The second-order valence-electron chi connectivity index (χ2n) is 7.00. The highest BCUT2D eigenvalue weighted by molar-refractivity contribution is 5.51. The van der Waals surface area contributed by atoms with E-state index in [0.717, 1.165) is 18.5 Å². The molecule has 0 radical (unpaired) electrons. The van der Waals surface area contributed by atoms with E-state index in [1.807, 2.05) is 24.3 Å². The van der Waals surface area contributed by atoms with Crippen LogP contribution in [0.2, 0.25) is 0 Å². The molecule has 1 atom stereocenters. The van der Waals surface area contributed by atoms with Gasteiger partial charge in [0.15, 0.2) is 0 Å². The Kier molecular flexibility index (Phi) is 6.27. The Morgan fingerprint density at radius 3 is 2.17 bits per heavy atom. The van der Waals surface area contributed by atoms with Gasteiger partial charge in [0, 0.05) is 29.3 Å². The summed E-state index contributed by atoms with van der Waals surface area (Å²) in [5.74, 6) is 0.452. The molecule has 3 heteroatoms. The maximum absolute atomic E-state index is 10.4. The number of phenols is 1. The summed E-state index contributed by atoms with van der Waals surface area (Å²) in [5.41, 5.74) is 8.79. The first-order valence-corrected chi connectivity index (χ1v) is 8.79. The van der Waals surface area contributed by atoms with Crippen molar-refractivity contribution in [3.63, 3.8) is 0 Å². The molecule has 0 spiro atoms. The predicted molar refractivity (Wildman–Crippen MR) is 102 cm³/mol. The van der Waals surface area contributed by atoms with Crippen LogP contribution in [0.3, 0.4) is 0 Å². The first kappa shape index (κ1) is 18.3. The molecule has 0 aromatic heterocycles. The van der Waals surface area contributed by atoms with Gasteiger partial charge in [0.25, 0.3) is 0 Å². The van der Waals surface area contributed by atoms with E-state index in [2.05, 4.69) is 44.7 Å². The van der Waals surface area contributed by atoms with Crippen molar-refractivity contribution >= 4 is 5.69 Å². The number of nitrogen functional groups attached to an aromatic ring is 1. The van der Waals surface area contributed by atoms with E-state index < -0.39 is 0 Å². The van der Waals surface area contributed by atoms with Crippen LogP contribution in [0.1, 0.15) is 51.2 Å². The third kappa shape index (κ3) is 4.51. The van der Waals surface area contributed by atoms with Gasteiger partial charge in [0.2, 0.25) is 0 Å². The van der Waals surface area contributed by atoms with Crippen molar-refractivity contribution < 1.29 is 5.11 Å². The Hall–Kier alpha value is -2.00. The summed E-state index contributed by atoms with van der Waals surface area (Å²) in [5, 5.41) is 10.4. The number of hydrogen-bond acceptors (Lipinski definition) is 3. The zero-order valence-corrected chi connectivity index (χ0v) is 15.2. The molecule has 1 unspecified atom stereocenters. The van der Waals surface area contributed by atoms with Gasteiger partial charge in [-0.2, -0.15) is 0 Å². The van der Waals surface area contributed by atoms with Gasteiger partial charge >= 0.3 is 0 Å². The van der Waals surface area contributed by atoms with E-state index in [1.54, 1.807) is 12.1 Å². The summed E-state index contributed by atoms with van der Waals surface area (Å²) in [6, 6.07) is 16.7. The largest absolute Gasteiger partial charge is 0.508 e. The van der Waals surface area contributed by atoms with E-state index in [9.17, 15) is 5.11 Å². The van der Waals surface area contributed by atoms with Gasteiger partial charge in [0.05, 0.1) is 0 Å². The molecule has 2 aromatic carbocycles. The minimum atomic E-state index is 0.134. The van der Waals surface area contributed by atoms with Crippen LogP contribution in [-0.2, 0) is 0 Å². The molecular formula is C21H30N2O. The van der Waals surface area contributed by atoms with Crippen molar-refractivity contribution in [2.45, 2.75) is 52.1 Å². The molecule has 0 bridgehead atoms. The highest BCUT2D eigenvalue weighted by Crippen LogP contribution is 2.35. The average molecular weight is 326 g/mol. The summed E-state index contributed by atoms with van der Waals surface area (Å²) < 4.78 is 0. The number of aromatic hydroxyl groups is 1. The van der Waals surface area contributed by atoms with Gasteiger partial charge in [-0.3, -0.25) is 4.90 Å². The average Bonchev–Trinajstić information content (AvgIpc) is 2.54. The Labute approximate surface area is 146 Å². The van der Waals surface area contributed by atoms with Gasteiger partial charge in [-0.25, -0.2) is 0 Å². The fourth-order valence-electron chi connectivity index (χ4n) is 3.43. The molecule has 0 heterocycles.